The molecule has 1 aromatic carbocycles. The number of aliphatic hydroxyl groups is 1. The van der Waals surface area contributed by atoms with Crippen molar-refractivity contribution in [3.05, 3.63) is 39.9 Å². The molecule has 2 atom stereocenters. The molecule has 0 aliphatic heterocycles. The third kappa shape index (κ3) is 3.86. The van der Waals surface area contributed by atoms with Gasteiger partial charge in [-0.15, -0.1) is 0 Å². The van der Waals surface area contributed by atoms with Gasteiger partial charge in [0.2, 0.25) is 0 Å². The zero-order valence-electron chi connectivity index (χ0n) is 12.1. The van der Waals surface area contributed by atoms with Gasteiger partial charge in [-0.2, -0.15) is 0 Å². The quantitative estimate of drug-likeness (QED) is 0.510. The Hall–Kier alpha value is -1.79. The summed E-state index contributed by atoms with van der Waals surface area (Å²) in [6, 6.07) is 5.64. The molecule has 6 nitrogen and oxygen atoms in total. The first-order chi connectivity index (χ1) is 9.99. The van der Waals surface area contributed by atoms with E-state index >= 15 is 0 Å². The molecule has 1 aliphatic carbocycles. The topological polar surface area (TPSA) is 83.7 Å². The highest BCUT2D eigenvalue weighted by atomic mass is 16.6. The number of nitro benzene ring substituents is 1. The maximum atomic E-state index is 12.2. The molecule has 0 amide bonds. The van der Waals surface area contributed by atoms with Gasteiger partial charge in [0.1, 0.15) is 0 Å². The van der Waals surface area contributed by atoms with E-state index in [-0.39, 0.29) is 30.2 Å². The van der Waals surface area contributed by atoms with Gasteiger partial charge < -0.3 is 5.11 Å². The monoisotopic (exact) mass is 292 g/mol. The average Bonchev–Trinajstić information content (AvgIpc) is 2.47. The van der Waals surface area contributed by atoms with Crippen molar-refractivity contribution in [2.24, 2.45) is 0 Å². The van der Waals surface area contributed by atoms with E-state index in [1.54, 1.807) is 0 Å². The van der Waals surface area contributed by atoms with Crippen LogP contribution in [0.4, 0.5) is 5.69 Å². The summed E-state index contributed by atoms with van der Waals surface area (Å²) in [5.41, 5.74) is 0.431. The van der Waals surface area contributed by atoms with Crippen LogP contribution in [0.15, 0.2) is 24.3 Å². The molecule has 0 aromatic heterocycles. The predicted molar refractivity (Wildman–Crippen MR) is 78.3 cm³/mol. The lowest BCUT2D eigenvalue weighted by Gasteiger charge is -2.34. The van der Waals surface area contributed by atoms with Gasteiger partial charge in [-0.05, 0) is 32.0 Å². The number of rotatable bonds is 5. The summed E-state index contributed by atoms with van der Waals surface area (Å²) in [7, 11) is 1.84. The average molecular weight is 292 g/mol. The molecule has 1 N–H and O–H groups in total. The highest BCUT2D eigenvalue weighted by Crippen LogP contribution is 2.22. The number of non-ortho nitro benzene ring substituents is 1. The van der Waals surface area contributed by atoms with Gasteiger partial charge in [0.25, 0.3) is 5.69 Å². The zero-order chi connectivity index (χ0) is 15.4. The standard InChI is InChI=1S/C15H20N2O4/c1-16(13-4-2-3-5-14(13)18)10-15(19)11-6-8-12(9-7-11)17(20)21/h6-9,13-14,18H,2-5,10H2,1H3. The van der Waals surface area contributed by atoms with Crippen LogP contribution < -0.4 is 0 Å². The Bertz CT molecular complexity index is 515. The molecule has 1 aromatic rings. The first-order valence-electron chi connectivity index (χ1n) is 7.15. The van der Waals surface area contributed by atoms with Crippen LogP contribution >= 0.6 is 0 Å². The molecule has 0 heterocycles. The molecule has 1 aliphatic rings. The van der Waals surface area contributed by atoms with Crippen molar-refractivity contribution in [1.29, 1.82) is 0 Å². The summed E-state index contributed by atoms with van der Waals surface area (Å²) in [6.07, 6.45) is 3.39. The third-order valence-electron chi connectivity index (χ3n) is 4.05. The van der Waals surface area contributed by atoms with Gasteiger partial charge in [0.15, 0.2) is 5.78 Å². The highest BCUT2D eigenvalue weighted by Gasteiger charge is 2.27. The molecule has 2 unspecified atom stereocenters. The molecule has 114 valence electrons. The Kier molecular flexibility index (Phi) is 5.03. The van der Waals surface area contributed by atoms with Crippen LogP contribution in [0.2, 0.25) is 0 Å². The number of nitro groups is 1. The van der Waals surface area contributed by atoms with E-state index in [0.29, 0.717) is 5.56 Å². The second-order valence-electron chi connectivity index (χ2n) is 5.56. The molecule has 21 heavy (non-hydrogen) atoms. The van der Waals surface area contributed by atoms with Crippen LogP contribution in [0, 0.1) is 10.1 Å². The van der Waals surface area contributed by atoms with Crippen LogP contribution in [0.1, 0.15) is 36.0 Å². The van der Waals surface area contributed by atoms with Crippen LogP contribution in [-0.4, -0.2) is 46.5 Å². The van der Waals surface area contributed by atoms with Gasteiger partial charge in [-0.1, -0.05) is 12.8 Å². The lowest BCUT2D eigenvalue weighted by molar-refractivity contribution is -0.384. The summed E-state index contributed by atoms with van der Waals surface area (Å²) < 4.78 is 0. The van der Waals surface area contributed by atoms with Crippen molar-refractivity contribution in [3.63, 3.8) is 0 Å². The van der Waals surface area contributed by atoms with Gasteiger partial charge in [-0.3, -0.25) is 19.8 Å². The Labute approximate surface area is 123 Å². The number of aliphatic hydroxyl groups excluding tert-OH is 1. The van der Waals surface area contributed by atoms with Crippen molar-refractivity contribution in [2.75, 3.05) is 13.6 Å². The normalized spacial score (nSPS) is 22.2. The molecule has 1 saturated carbocycles. The Balaban J connectivity index is 1.98. The molecular weight excluding hydrogens is 272 g/mol. The second-order valence-corrected chi connectivity index (χ2v) is 5.56. The van der Waals surface area contributed by atoms with Crippen molar-refractivity contribution < 1.29 is 14.8 Å². The minimum atomic E-state index is -0.487. The number of hydrogen-bond donors (Lipinski definition) is 1. The number of hydrogen-bond acceptors (Lipinski definition) is 5. The van der Waals surface area contributed by atoms with Crippen LogP contribution in [0.3, 0.4) is 0 Å². The fourth-order valence-electron chi connectivity index (χ4n) is 2.81. The molecule has 0 bridgehead atoms. The van der Waals surface area contributed by atoms with Crippen molar-refractivity contribution in [1.82, 2.24) is 4.90 Å². The van der Waals surface area contributed by atoms with E-state index in [2.05, 4.69) is 0 Å². The molecule has 1 fully saturated rings. The number of carbonyl (C=O) groups is 1. The lowest BCUT2D eigenvalue weighted by atomic mass is 9.91. The number of likely N-dealkylation sites (N-methyl/N-ethyl adjacent to an activating group) is 1. The van der Waals surface area contributed by atoms with Crippen molar-refractivity contribution in [2.45, 2.75) is 37.8 Å². The minimum absolute atomic E-state index is 0.0146. The minimum Gasteiger partial charge on any atom is -0.391 e. The number of Topliss-reactive ketones (excluding diaryl/α,β-unsaturated/α-hetero) is 1. The first kappa shape index (κ1) is 15.6. The van der Waals surface area contributed by atoms with E-state index in [1.807, 2.05) is 11.9 Å². The van der Waals surface area contributed by atoms with E-state index in [0.717, 1.165) is 25.7 Å². The van der Waals surface area contributed by atoms with Gasteiger partial charge in [-0.25, -0.2) is 0 Å². The number of ketones is 1. The predicted octanol–water partition coefficient (Wildman–Crippen LogP) is 2.01. The second kappa shape index (κ2) is 6.78. The molecular formula is C15H20N2O4. The van der Waals surface area contributed by atoms with Crippen LogP contribution in [0.5, 0.6) is 0 Å². The fraction of sp³-hybridized carbons (Fsp3) is 0.533. The summed E-state index contributed by atoms with van der Waals surface area (Å²) >= 11 is 0. The summed E-state index contributed by atoms with van der Waals surface area (Å²) in [5.74, 6) is -0.0924. The molecule has 0 spiro atoms. The fourth-order valence-corrected chi connectivity index (χ4v) is 2.81. The molecule has 0 radical (unpaired) electrons. The van der Waals surface area contributed by atoms with E-state index < -0.39 is 4.92 Å². The van der Waals surface area contributed by atoms with Gasteiger partial charge in [0, 0.05) is 23.7 Å². The summed E-state index contributed by atoms with van der Waals surface area (Å²) in [5, 5.41) is 20.6. The highest BCUT2D eigenvalue weighted by molar-refractivity contribution is 5.97. The van der Waals surface area contributed by atoms with Crippen LogP contribution in [-0.2, 0) is 0 Å². The number of carbonyl (C=O) groups excluding carboxylic acids is 1. The van der Waals surface area contributed by atoms with E-state index in [9.17, 15) is 20.0 Å². The van der Waals surface area contributed by atoms with Gasteiger partial charge in [0.05, 0.1) is 17.6 Å². The Morgan fingerprint density at radius 3 is 2.52 bits per heavy atom. The maximum absolute atomic E-state index is 12.2. The SMILES string of the molecule is CN(CC(=O)c1ccc([N+](=O)[O-])cc1)C1CCCCC1O. The smallest absolute Gasteiger partial charge is 0.269 e. The largest absolute Gasteiger partial charge is 0.391 e. The lowest BCUT2D eigenvalue weighted by Crippen LogP contribution is -2.45. The van der Waals surface area contributed by atoms with E-state index in [1.165, 1.54) is 24.3 Å². The van der Waals surface area contributed by atoms with Crippen LogP contribution in [0.25, 0.3) is 0 Å². The van der Waals surface area contributed by atoms with Crippen molar-refractivity contribution >= 4 is 11.5 Å². The number of nitrogens with zero attached hydrogens (tertiary/aromatic N) is 2. The van der Waals surface area contributed by atoms with Gasteiger partial charge >= 0.3 is 0 Å². The Morgan fingerprint density at radius 2 is 1.95 bits per heavy atom. The van der Waals surface area contributed by atoms with E-state index in [4.69, 9.17) is 0 Å². The summed E-state index contributed by atoms with van der Waals surface area (Å²) in [6.45, 7) is 0.208. The zero-order valence-corrected chi connectivity index (χ0v) is 12.1. The first-order valence-corrected chi connectivity index (χ1v) is 7.15. The molecule has 2 rings (SSSR count). The summed E-state index contributed by atoms with van der Waals surface area (Å²) in [4.78, 5) is 24.2. The third-order valence-corrected chi connectivity index (χ3v) is 4.05. The maximum Gasteiger partial charge on any atom is 0.269 e. The Morgan fingerprint density at radius 1 is 1.33 bits per heavy atom. The molecule has 6 heteroatoms. The van der Waals surface area contributed by atoms with Crippen molar-refractivity contribution in [3.8, 4) is 0 Å². The molecule has 0 saturated heterocycles. The number of benzene rings is 1.